The fraction of sp³-hybridized carbons (Fsp3) is 0.818. The normalized spacial score (nSPS) is 24.9. The molecule has 16 heavy (non-hydrogen) atoms. The van der Waals surface area contributed by atoms with Crippen molar-refractivity contribution in [2.24, 2.45) is 0 Å². The lowest BCUT2D eigenvalue weighted by Crippen LogP contribution is -2.51. The lowest BCUT2D eigenvalue weighted by Gasteiger charge is -2.27. The summed E-state index contributed by atoms with van der Waals surface area (Å²) >= 11 is 0. The first-order valence-electron chi connectivity index (χ1n) is 5.78. The Hall–Kier alpha value is -1.10. The van der Waals surface area contributed by atoms with Crippen LogP contribution in [0.1, 0.15) is 33.1 Å². The monoisotopic (exact) mass is 229 g/mol. The topological polar surface area (TPSA) is 64.6 Å². The Bertz CT molecular complexity index is 230. The van der Waals surface area contributed by atoms with E-state index in [-0.39, 0.29) is 24.0 Å². The number of piperidine rings is 1. The molecule has 5 heteroatoms. The molecule has 0 spiro atoms. The van der Waals surface area contributed by atoms with E-state index in [2.05, 4.69) is 5.32 Å². The van der Waals surface area contributed by atoms with Crippen LogP contribution in [0.3, 0.4) is 0 Å². The highest BCUT2D eigenvalue weighted by Gasteiger charge is 2.31. The molecule has 0 radical (unpaired) electrons. The molecule has 5 nitrogen and oxygen atoms in total. The Morgan fingerprint density at radius 3 is 1.88 bits per heavy atom. The van der Waals surface area contributed by atoms with E-state index in [0.717, 1.165) is 19.3 Å². The molecular formula is C11H19NO4. The van der Waals surface area contributed by atoms with Gasteiger partial charge in [-0.1, -0.05) is 0 Å². The Kier molecular flexibility index (Phi) is 5.25. The maximum absolute atomic E-state index is 11.5. The second-order valence-electron chi connectivity index (χ2n) is 3.71. The minimum atomic E-state index is -0.372. The third kappa shape index (κ3) is 3.48. The van der Waals surface area contributed by atoms with Crippen LogP contribution < -0.4 is 5.32 Å². The van der Waals surface area contributed by atoms with E-state index >= 15 is 0 Å². The third-order valence-corrected chi connectivity index (χ3v) is 2.53. The van der Waals surface area contributed by atoms with Gasteiger partial charge in [0.25, 0.3) is 0 Å². The fourth-order valence-corrected chi connectivity index (χ4v) is 1.79. The van der Waals surface area contributed by atoms with Crippen molar-refractivity contribution in [2.75, 3.05) is 13.2 Å². The summed E-state index contributed by atoms with van der Waals surface area (Å²) in [4.78, 5) is 23.0. The van der Waals surface area contributed by atoms with Crippen molar-refractivity contribution < 1.29 is 19.1 Å². The quantitative estimate of drug-likeness (QED) is 0.716. The van der Waals surface area contributed by atoms with Gasteiger partial charge in [0.05, 0.1) is 13.2 Å². The summed E-state index contributed by atoms with van der Waals surface area (Å²) in [5, 5.41) is 2.97. The molecule has 0 aromatic rings. The fourth-order valence-electron chi connectivity index (χ4n) is 1.79. The van der Waals surface area contributed by atoms with Crippen LogP contribution in [0.25, 0.3) is 0 Å². The number of hydrogen-bond donors (Lipinski definition) is 1. The van der Waals surface area contributed by atoms with Gasteiger partial charge in [-0.15, -0.1) is 0 Å². The van der Waals surface area contributed by atoms with Gasteiger partial charge >= 0.3 is 11.9 Å². The smallest absolute Gasteiger partial charge is 0.323 e. The van der Waals surface area contributed by atoms with E-state index in [0.29, 0.717) is 13.2 Å². The van der Waals surface area contributed by atoms with Crippen LogP contribution in [0.15, 0.2) is 0 Å². The Labute approximate surface area is 95.5 Å². The highest BCUT2D eigenvalue weighted by molar-refractivity contribution is 5.80. The lowest BCUT2D eigenvalue weighted by molar-refractivity contribution is -0.150. The second kappa shape index (κ2) is 6.48. The summed E-state index contributed by atoms with van der Waals surface area (Å²) in [5.41, 5.74) is 0. The number of carbonyl (C=O) groups excluding carboxylic acids is 2. The van der Waals surface area contributed by atoms with E-state index in [1.165, 1.54) is 0 Å². The van der Waals surface area contributed by atoms with Crippen LogP contribution >= 0.6 is 0 Å². The number of nitrogens with one attached hydrogen (secondary N) is 1. The third-order valence-electron chi connectivity index (χ3n) is 2.53. The molecule has 1 saturated heterocycles. The van der Waals surface area contributed by atoms with Gasteiger partial charge in [0.2, 0.25) is 0 Å². The minimum Gasteiger partial charge on any atom is -0.465 e. The zero-order valence-corrected chi connectivity index (χ0v) is 9.82. The lowest BCUT2D eigenvalue weighted by atomic mass is 9.99. The van der Waals surface area contributed by atoms with Gasteiger partial charge < -0.3 is 9.47 Å². The van der Waals surface area contributed by atoms with Crippen LogP contribution in [0.4, 0.5) is 0 Å². The van der Waals surface area contributed by atoms with Crippen molar-refractivity contribution in [1.82, 2.24) is 5.32 Å². The molecule has 2 atom stereocenters. The highest BCUT2D eigenvalue weighted by Crippen LogP contribution is 2.14. The van der Waals surface area contributed by atoms with Gasteiger partial charge in [-0.2, -0.15) is 0 Å². The van der Waals surface area contributed by atoms with E-state index in [1.807, 2.05) is 0 Å². The van der Waals surface area contributed by atoms with Crippen LogP contribution in [0.2, 0.25) is 0 Å². The highest BCUT2D eigenvalue weighted by atomic mass is 16.5. The van der Waals surface area contributed by atoms with E-state index in [4.69, 9.17) is 9.47 Å². The molecule has 2 unspecified atom stereocenters. The van der Waals surface area contributed by atoms with Crippen LogP contribution in [-0.4, -0.2) is 37.2 Å². The van der Waals surface area contributed by atoms with E-state index < -0.39 is 0 Å². The Balaban J connectivity index is 2.46. The molecule has 0 aromatic carbocycles. The van der Waals surface area contributed by atoms with Crippen molar-refractivity contribution in [1.29, 1.82) is 0 Å². The van der Waals surface area contributed by atoms with Crippen molar-refractivity contribution in [3.05, 3.63) is 0 Å². The summed E-state index contributed by atoms with van der Waals surface area (Å²) < 4.78 is 9.83. The molecule has 1 N–H and O–H groups in total. The zero-order valence-electron chi connectivity index (χ0n) is 9.82. The average molecular weight is 229 g/mol. The summed E-state index contributed by atoms with van der Waals surface area (Å²) in [6, 6.07) is -0.744. The Morgan fingerprint density at radius 2 is 1.50 bits per heavy atom. The van der Waals surface area contributed by atoms with Crippen LogP contribution in [0, 0.1) is 0 Å². The summed E-state index contributed by atoms with van der Waals surface area (Å²) in [6.07, 6.45) is 2.27. The van der Waals surface area contributed by atoms with Gasteiger partial charge in [0.15, 0.2) is 0 Å². The number of carbonyl (C=O) groups is 2. The molecule has 0 aliphatic carbocycles. The van der Waals surface area contributed by atoms with Gasteiger partial charge in [0, 0.05) is 0 Å². The number of ether oxygens (including phenoxy) is 2. The molecule has 92 valence electrons. The van der Waals surface area contributed by atoms with E-state index in [1.54, 1.807) is 13.8 Å². The van der Waals surface area contributed by atoms with Gasteiger partial charge in [-0.3, -0.25) is 14.9 Å². The molecule has 0 saturated carbocycles. The molecule has 1 aliphatic rings. The molecule has 1 rings (SSSR count). The predicted octanol–water partition coefficient (Wildman–Crippen LogP) is 0.623. The minimum absolute atomic E-state index is 0.281. The molecular weight excluding hydrogens is 210 g/mol. The molecule has 0 bridgehead atoms. The summed E-state index contributed by atoms with van der Waals surface area (Å²) in [5.74, 6) is -0.562. The van der Waals surface area contributed by atoms with Crippen LogP contribution in [-0.2, 0) is 19.1 Å². The van der Waals surface area contributed by atoms with Crippen molar-refractivity contribution in [3.63, 3.8) is 0 Å². The van der Waals surface area contributed by atoms with Crippen LogP contribution in [0.5, 0.6) is 0 Å². The average Bonchev–Trinajstić information content (AvgIpc) is 2.30. The van der Waals surface area contributed by atoms with Crippen molar-refractivity contribution in [2.45, 2.75) is 45.2 Å². The maximum Gasteiger partial charge on any atom is 0.323 e. The van der Waals surface area contributed by atoms with Gasteiger partial charge in [0.1, 0.15) is 12.1 Å². The number of hydrogen-bond acceptors (Lipinski definition) is 5. The maximum atomic E-state index is 11.5. The van der Waals surface area contributed by atoms with Gasteiger partial charge in [-0.25, -0.2) is 0 Å². The molecule has 1 heterocycles. The summed E-state index contributed by atoms with van der Waals surface area (Å²) in [7, 11) is 0. The standard InChI is InChI=1S/C11H19NO4/c1-3-15-10(13)8-6-5-7-9(12-8)11(14)16-4-2/h8-9,12H,3-7H2,1-2H3. The first-order chi connectivity index (χ1) is 7.69. The van der Waals surface area contributed by atoms with E-state index in [9.17, 15) is 9.59 Å². The first kappa shape index (κ1) is 13.0. The summed E-state index contributed by atoms with van der Waals surface area (Å²) in [6.45, 7) is 4.26. The molecule has 0 aromatic heterocycles. The SMILES string of the molecule is CCOC(=O)C1CCCC(C(=O)OCC)N1. The van der Waals surface area contributed by atoms with Gasteiger partial charge in [-0.05, 0) is 33.1 Å². The molecule has 1 aliphatic heterocycles. The largest absolute Gasteiger partial charge is 0.465 e. The first-order valence-corrected chi connectivity index (χ1v) is 5.78. The number of esters is 2. The van der Waals surface area contributed by atoms with Crippen molar-refractivity contribution in [3.8, 4) is 0 Å². The number of rotatable bonds is 4. The Morgan fingerprint density at radius 1 is 1.06 bits per heavy atom. The molecule has 1 fully saturated rings. The molecule has 0 amide bonds. The zero-order chi connectivity index (χ0) is 12.0. The second-order valence-corrected chi connectivity index (χ2v) is 3.71. The van der Waals surface area contributed by atoms with Crippen molar-refractivity contribution >= 4 is 11.9 Å². The predicted molar refractivity (Wildman–Crippen MR) is 57.8 cm³/mol.